The molecule has 0 saturated carbocycles. The monoisotopic (exact) mass is 444 g/mol. The lowest BCUT2D eigenvalue weighted by Gasteiger charge is -2.21. The number of hydrogen-bond donors (Lipinski definition) is 1. The highest BCUT2D eigenvalue weighted by atomic mass is 16.5. The molecule has 0 fully saturated rings. The normalized spacial score (nSPS) is 10.7. The van der Waals surface area contributed by atoms with Crippen molar-refractivity contribution in [2.24, 2.45) is 10.2 Å². The van der Waals surface area contributed by atoms with Gasteiger partial charge in [0.25, 0.3) is 0 Å². The van der Waals surface area contributed by atoms with Crippen LogP contribution >= 0.6 is 0 Å². The minimum Gasteiger partial charge on any atom is -0.442 e. The molecule has 168 valence electrons. The van der Waals surface area contributed by atoms with Crippen LogP contribution in [0.15, 0.2) is 101 Å². The van der Waals surface area contributed by atoms with Crippen LogP contribution in [0.4, 0.5) is 9.59 Å². The number of rotatable bonds is 7. The van der Waals surface area contributed by atoms with Gasteiger partial charge in [-0.15, -0.1) is 0 Å². The molecule has 3 aromatic rings. The van der Waals surface area contributed by atoms with Crippen molar-refractivity contribution >= 4 is 18.0 Å². The Morgan fingerprint density at radius 3 is 1.88 bits per heavy atom. The maximum absolute atomic E-state index is 12.6. The summed E-state index contributed by atoms with van der Waals surface area (Å²) in [5.74, 6) is -0.384. The molecule has 0 aliphatic heterocycles. The molecule has 0 aliphatic carbocycles. The maximum atomic E-state index is 12.6. The van der Waals surface area contributed by atoms with Crippen molar-refractivity contribution in [2.75, 3.05) is 13.6 Å². The molecule has 3 rings (SSSR count). The second-order valence-electron chi connectivity index (χ2n) is 7.20. The van der Waals surface area contributed by atoms with Gasteiger partial charge < -0.3 is 15.0 Å². The summed E-state index contributed by atoms with van der Waals surface area (Å²) in [6, 6.07) is 26.9. The van der Waals surface area contributed by atoms with Crippen molar-refractivity contribution in [2.45, 2.75) is 12.6 Å². The number of nitrogens with one attached hydrogen (secondary N) is 1. The average molecular weight is 444 g/mol. The first kappa shape index (κ1) is 23.3. The Kier molecular flexibility index (Phi) is 8.41. The summed E-state index contributed by atoms with van der Waals surface area (Å²) in [6.45, 7) is -0.238. The van der Waals surface area contributed by atoms with Crippen LogP contribution in [-0.2, 0) is 16.1 Å². The summed E-state index contributed by atoms with van der Waals surface area (Å²) in [6.07, 6.45) is -0.988. The molecule has 0 aliphatic rings. The highest BCUT2D eigenvalue weighted by molar-refractivity contribution is 5.85. The molecular weight excluding hydrogens is 420 g/mol. The number of ether oxygens (including phenoxy) is 1. The van der Waals surface area contributed by atoms with E-state index in [-0.39, 0.29) is 25.1 Å². The van der Waals surface area contributed by atoms with Crippen LogP contribution in [0.2, 0.25) is 0 Å². The van der Waals surface area contributed by atoms with E-state index >= 15 is 0 Å². The van der Waals surface area contributed by atoms with Crippen molar-refractivity contribution in [1.82, 2.24) is 10.2 Å². The van der Waals surface area contributed by atoms with E-state index in [2.05, 4.69) is 15.5 Å². The standard InChI is InChI=1S/C25H24N4O4/c1-29(24(31)27-28-25(32)33-18-19-11-5-2-6-12-19)17-22(30)26-23(20-13-7-3-8-14-20)21-15-9-4-10-16-21/h2-16,23H,17-18H2,1H3,(H,26,30)/b28-27+. The number of carbonyl (C=O) groups is 3. The molecule has 1 N–H and O–H groups in total. The number of urea groups is 1. The first-order valence-electron chi connectivity index (χ1n) is 10.3. The zero-order chi connectivity index (χ0) is 23.5. The number of hydrogen-bond acceptors (Lipinski definition) is 4. The first-order valence-corrected chi connectivity index (χ1v) is 10.3. The zero-order valence-electron chi connectivity index (χ0n) is 18.1. The van der Waals surface area contributed by atoms with Crippen LogP contribution in [0.1, 0.15) is 22.7 Å². The van der Waals surface area contributed by atoms with Gasteiger partial charge in [0.1, 0.15) is 13.2 Å². The summed E-state index contributed by atoms with van der Waals surface area (Å²) in [7, 11) is 1.40. The van der Waals surface area contributed by atoms with Gasteiger partial charge in [-0.05, 0) is 16.7 Å². The Hall–Kier alpha value is -4.33. The summed E-state index contributed by atoms with van der Waals surface area (Å²) in [4.78, 5) is 37.6. The molecule has 0 unspecified atom stereocenters. The molecule has 8 heteroatoms. The summed E-state index contributed by atoms with van der Waals surface area (Å²) >= 11 is 0. The molecule has 0 heterocycles. The van der Waals surface area contributed by atoms with E-state index in [0.29, 0.717) is 0 Å². The fourth-order valence-corrected chi connectivity index (χ4v) is 3.05. The first-order chi connectivity index (χ1) is 16.0. The third-order valence-corrected chi connectivity index (χ3v) is 4.70. The van der Waals surface area contributed by atoms with Crippen LogP contribution in [0.5, 0.6) is 0 Å². The molecule has 0 spiro atoms. The number of amides is 4. The van der Waals surface area contributed by atoms with Gasteiger partial charge in [-0.1, -0.05) is 101 Å². The van der Waals surface area contributed by atoms with E-state index in [9.17, 15) is 14.4 Å². The number of nitrogens with zero attached hydrogens (tertiary/aromatic N) is 3. The second kappa shape index (κ2) is 11.9. The van der Waals surface area contributed by atoms with E-state index in [0.717, 1.165) is 21.6 Å². The fraction of sp³-hybridized carbons (Fsp3) is 0.160. The number of carbonyl (C=O) groups excluding carboxylic acids is 3. The lowest BCUT2D eigenvalue weighted by Crippen LogP contribution is -2.39. The topological polar surface area (TPSA) is 100 Å². The van der Waals surface area contributed by atoms with Gasteiger partial charge in [0, 0.05) is 7.05 Å². The molecule has 0 aromatic heterocycles. The SMILES string of the molecule is CN(CC(=O)NC(c1ccccc1)c1ccccc1)C(=O)/N=N/C(=O)OCc1ccccc1. The van der Waals surface area contributed by atoms with Crippen LogP contribution in [0.25, 0.3) is 0 Å². The highest BCUT2D eigenvalue weighted by Crippen LogP contribution is 2.21. The summed E-state index contributed by atoms with van der Waals surface area (Å²) in [5.41, 5.74) is 2.60. The van der Waals surface area contributed by atoms with Gasteiger partial charge in [-0.25, -0.2) is 9.59 Å². The largest absolute Gasteiger partial charge is 0.452 e. The van der Waals surface area contributed by atoms with Crippen LogP contribution in [0.3, 0.4) is 0 Å². The summed E-state index contributed by atoms with van der Waals surface area (Å²) in [5, 5.41) is 9.55. The number of likely N-dealkylation sites (N-methyl/N-ethyl adjacent to an activating group) is 1. The zero-order valence-corrected chi connectivity index (χ0v) is 18.1. The molecule has 33 heavy (non-hydrogen) atoms. The highest BCUT2D eigenvalue weighted by Gasteiger charge is 2.19. The van der Waals surface area contributed by atoms with Gasteiger partial charge in [0.2, 0.25) is 5.91 Å². The molecule has 0 atom stereocenters. The minimum atomic E-state index is -0.988. The lowest BCUT2D eigenvalue weighted by molar-refractivity contribution is -0.121. The van der Waals surface area contributed by atoms with Crippen LogP contribution in [-0.4, -0.2) is 36.5 Å². The van der Waals surface area contributed by atoms with Crippen molar-refractivity contribution < 1.29 is 19.1 Å². The third kappa shape index (κ3) is 7.39. The Morgan fingerprint density at radius 2 is 1.33 bits per heavy atom. The predicted octanol–water partition coefficient (Wildman–Crippen LogP) is 4.73. The lowest BCUT2D eigenvalue weighted by atomic mass is 9.99. The van der Waals surface area contributed by atoms with Gasteiger partial charge in [-0.3, -0.25) is 4.79 Å². The Morgan fingerprint density at radius 1 is 0.818 bits per heavy atom. The van der Waals surface area contributed by atoms with Crippen molar-refractivity contribution in [3.05, 3.63) is 108 Å². The van der Waals surface area contributed by atoms with Crippen molar-refractivity contribution in [3.63, 3.8) is 0 Å². The second-order valence-corrected chi connectivity index (χ2v) is 7.20. The van der Waals surface area contributed by atoms with E-state index < -0.39 is 12.1 Å². The Balaban J connectivity index is 1.54. The Bertz CT molecular complexity index is 1050. The van der Waals surface area contributed by atoms with Crippen LogP contribution in [0, 0.1) is 0 Å². The molecule has 0 saturated heterocycles. The van der Waals surface area contributed by atoms with Gasteiger partial charge in [0.05, 0.1) is 6.04 Å². The minimum absolute atomic E-state index is 0.0193. The van der Waals surface area contributed by atoms with E-state index in [1.165, 1.54) is 7.05 Å². The quantitative estimate of drug-likeness (QED) is 0.532. The average Bonchev–Trinajstić information content (AvgIpc) is 2.86. The van der Waals surface area contributed by atoms with Gasteiger partial charge in [0.15, 0.2) is 0 Å². The van der Waals surface area contributed by atoms with E-state index in [4.69, 9.17) is 4.74 Å². The maximum Gasteiger partial charge on any atom is 0.452 e. The van der Waals surface area contributed by atoms with Gasteiger partial charge >= 0.3 is 12.1 Å². The molecular formula is C25H24N4O4. The Labute approximate surface area is 191 Å². The molecule has 3 aromatic carbocycles. The smallest absolute Gasteiger partial charge is 0.442 e. The molecule has 0 bridgehead atoms. The van der Waals surface area contributed by atoms with Crippen molar-refractivity contribution in [1.29, 1.82) is 0 Å². The van der Waals surface area contributed by atoms with E-state index in [1.807, 2.05) is 78.9 Å². The van der Waals surface area contributed by atoms with Gasteiger partial charge in [-0.2, -0.15) is 0 Å². The molecule has 0 radical (unpaired) electrons. The fourth-order valence-electron chi connectivity index (χ4n) is 3.05. The van der Waals surface area contributed by atoms with E-state index in [1.54, 1.807) is 12.1 Å². The molecule has 4 amide bonds. The third-order valence-electron chi connectivity index (χ3n) is 4.70. The van der Waals surface area contributed by atoms with Crippen molar-refractivity contribution in [3.8, 4) is 0 Å². The predicted molar refractivity (Wildman–Crippen MR) is 122 cm³/mol. The molecule has 8 nitrogen and oxygen atoms in total. The summed E-state index contributed by atoms with van der Waals surface area (Å²) < 4.78 is 4.94. The van der Waals surface area contributed by atoms with Crippen LogP contribution < -0.4 is 5.32 Å². The number of azo groups is 1. The number of benzene rings is 3.